The minimum absolute atomic E-state index is 0.00383. The zero-order valence-electron chi connectivity index (χ0n) is 12.6. The number of benzene rings is 2. The van der Waals surface area contributed by atoms with E-state index in [9.17, 15) is 17.2 Å². The maximum absolute atomic E-state index is 13.6. The fraction of sp³-hybridized carbons (Fsp3) is 0. The summed E-state index contributed by atoms with van der Waals surface area (Å²) < 4.78 is 58.3. The lowest BCUT2D eigenvalue weighted by atomic mass is 10.3. The van der Waals surface area contributed by atoms with Gasteiger partial charge in [0.2, 0.25) is 0 Å². The van der Waals surface area contributed by atoms with E-state index in [4.69, 9.17) is 4.74 Å². The monoisotopic (exact) mass is 363 g/mol. The molecule has 0 aliphatic heterocycles. The number of anilines is 1. The Labute approximate surface area is 142 Å². The van der Waals surface area contributed by atoms with Crippen LogP contribution in [0.5, 0.6) is 11.8 Å². The van der Waals surface area contributed by atoms with Gasteiger partial charge in [0.1, 0.15) is 22.3 Å². The highest BCUT2D eigenvalue weighted by Gasteiger charge is 2.20. The molecule has 0 aliphatic carbocycles. The van der Waals surface area contributed by atoms with Gasteiger partial charge in [0.15, 0.2) is 0 Å². The van der Waals surface area contributed by atoms with Crippen LogP contribution in [0.3, 0.4) is 0 Å². The number of nitrogens with zero attached hydrogens (tertiary/aromatic N) is 2. The van der Waals surface area contributed by atoms with Gasteiger partial charge in [-0.1, -0.05) is 18.2 Å². The fourth-order valence-corrected chi connectivity index (χ4v) is 3.01. The lowest BCUT2D eigenvalue weighted by molar-refractivity contribution is 0.442. The van der Waals surface area contributed by atoms with Crippen molar-refractivity contribution in [3.63, 3.8) is 0 Å². The average molecular weight is 363 g/mol. The van der Waals surface area contributed by atoms with E-state index in [1.165, 1.54) is 12.4 Å². The second-order valence-electron chi connectivity index (χ2n) is 4.85. The van der Waals surface area contributed by atoms with Crippen molar-refractivity contribution in [2.24, 2.45) is 0 Å². The number of hydrogen-bond donors (Lipinski definition) is 1. The molecule has 25 heavy (non-hydrogen) atoms. The van der Waals surface area contributed by atoms with Crippen molar-refractivity contribution in [1.82, 2.24) is 9.97 Å². The highest BCUT2D eigenvalue weighted by molar-refractivity contribution is 7.92. The third-order valence-electron chi connectivity index (χ3n) is 3.02. The minimum atomic E-state index is -4.24. The summed E-state index contributed by atoms with van der Waals surface area (Å²) in [5.41, 5.74) is 0.00383. The zero-order valence-corrected chi connectivity index (χ0v) is 13.4. The maximum Gasteiger partial charge on any atom is 0.322 e. The van der Waals surface area contributed by atoms with Gasteiger partial charge in [-0.25, -0.2) is 27.2 Å². The number of ether oxygens (including phenoxy) is 1. The first-order chi connectivity index (χ1) is 11.9. The highest BCUT2D eigenvalue weighted by Crippen LogP contribution is 2.21. The largest absolute Gasteiger partial charge is 0.424 e. The lowest BCUT2D eigenvalue weighted by Gasteiger charge is -2.09. The summed E-state index contributed by atoms with van der Waals surface area (Å²) >= 11 is 0. The van der Waals surface area contributed by atoms with E-state index in [0.29, 0.717) is 11.8 Å². The number of aromatic nitrogens is 2. The standard InChI is InChI=1S/C16H11F2N3O3S/c17-11-6-7-15(14(18)8-11)25(22,23)21-12-9-19-16(20-10-12)24-13-4-2-1-3-5-13/h1-10,21H. The van der Waals surface area contributed by atoms with Crippen LogP contribution >= 0.6 is 0 Å². The van der Waals surface area contributed by atoms with Crippen LogP contribution in [0.25, 0.3) is 0 Å². The molecule has 1 aromatic heterocycles. The summed E-state index contributed by atoms with van der Waals surface area (Å²) in [6, 6.07) is 11.0. The minimum Gasteiger partial charge on any atom is -0.424 e. The fourth-order valence-electron chi connectivity index (χ4n) is 1.92. The molecule has 0 spiro atoms. The predicted molar refractivity (Wildman–Crippen MR) is 85.7 cm³/mol. The Morgan fingerprint density at radius 1 is 0.960 bits per heavy atom. The van der Waals surface area contributed by atoms with Crippen LogP contribution in [-0.4, -0.2) is 18.4 Å². The first-order valence-corrected chi connectivity index (χ1v) is 8.45. The first-order valence-electron chi connectivity index (χ1n) is 6.97. The van der Waals surface area contributed by atoms with Crippen LogP contribution < -0.4 is 9.46 Å². The Hall–Kier alpha value is -3.07. The number of sulfonamides is 1. The second kappa shape index (κ2) is 6.81. The second-order valence-corrected chi connectivity index (χ2v) is 6.50. The van der Waals surface area contributed by atoms with Crippen LogP contribution in [0, 0.1) is 11.6 Å². The van der Waals surface area contributed by atoms with Gasteiger partial charge in [-0.05, 0) is 24.3 Å². The van der Waals surface area contributed by atoms with Crippen molar-refractivity contribution >= 4 is 15.7 Å². The molecular formula is C16H11F2N3O3S. The van der Waals surface area contributed by atoms with Crippen molar-refractivity contribution in [3.05, 3.63) is 72.6 Å². The van der Waals surface area contributed by atoms with Crippen molar-refractivity contribution in [3.8, 4) is 11.8 Å². The summed E-state index contributed by atoms with van der Waals surface area (Å²) in [4.78, 5) is 7.07. The smallest absolute Gasteiger partial charge is 0.322 e. The van der Waals surface area contributed by atoms with Gasteiger partial charge in [0.05, 0.1) is 18.1 Å². The van der Waals surface area contributed by atoms with E-state index >= 15 is 0 Å². The molecule has 0 radical (unpaired) electrons. The first kappa shape index (κ1) is 16.8. The van der Waals surface area contributed by atoms with Crippen LogP contribution in [0.15, 0.2) is 65.8 Å². The quantitative estimate of drug-likeness (QED) is 0.752. The van der Waals surface area contributed by atoms with Crippen LogP contribution in [0.1, 0.15) is 0 Å². The zero-order chi connectivity index (χ0) is 17.9. The van der Waals surface area contributed by atoms with Crippen molar-refractivity contribution in [2.45, 2.75) is 4.90 Å². The molecule has 9 heteroatoms. The summed E-state index contributed by atoms with van der Waals surface area (Å²) in [5, 5.41) is 0. The molecule has 0 aliphatic rings. The number of hydrogen-bond acceptors (Lipinski definition) is 5. The number of para-hydroxylation sites is 1. The predicted octanol–water partition coefficient (Wildman–Crippen LogP) is 3.35. The molecule has 0 unspecified atom stereocenters. The molecule has 1 N–H and O–H groups in total. The van der Waals surface area contributed by atoms with E-state index in [2.05, 4.69) is 14.7 Å². The summed E-state index contributed by atoms with van der Waals surface area (Å²) in [5.74, 6) is -1.55. The molecule has 3 aromatic rings. The van der Waals surface area contributed by atoms with Crippen LogP contribution in [0.2, 0.25) is 0 Å². The van der Waals surface area contributed by atoms with E-state index in [1.54, 1.807) is 24.3 Å². The Bertz CT molecular complexity index is 981. The molecule has 3 rings (SSSR count). The van der Waals surface area contributed by atoms with Gasteiger partial charge in [0.25, 0.3) is 10.0 Å². The Kier molecular flexibility index (Phi) is 4.57. The Morgan fingerprint density at radius 3 is 2.28 bits per heavy atom. The third kappa shape index (κ3) is 4.07. The van der Waals surface area contributed by atoms with E-state index in [-0.39, 0.29) is 11.7 Å². The molecule has 0 atom stereocenters. The molecular weight excluding hydrogens is 352 g/mol. The molecule has 128 valence electrons. The molecule has 1 heterocycles. The summed E-state index contributed by atoms with van der Waals surface area (Å²) in [7, 11) is -4.24. The normalized spacial score (nSPS) is 11.1. The average Bonchev–Trinajstić information content (AvgIpc) is 2.57. The SMILES string of the molecule is O=S(=O)(Nc1cnc(Oc2ccccc2)nc1)c1ccc(F)cc1F. The molecule has 0 bridgehead atoms. The van der Waals surface area contributed by atoms with E-state index in [0.717, 1.165) is 12.1 Å². The topological polar surface area (TPSA) is 81.2 Å². The van der Waals surface area contributed by atoms with Gasteiger partial charge in [-0.2, -0.15) is 0 Å². The van der Waals surface area contributed by atoms with Gasteiger partial charge >= 0.3 is 6.01 Å². The molecule has 0 saturated carbocycles. The van der Waals surface area contributed by atoms with Crippen molar-refractivity contribution in [1.29, 1.82) is 0 Å². The van der Waals surface area contributed by atoms with Gasteiger partial charge in [0, 0.05) is 6.07 Å². The van der Waals surface area contributed by atoms with Crippen LogP contribution in [-0.2, 0) is 10.0 Å². The van der Waals surface area contributed by atoms with Gasteiger partial charge in [-0.15, -0.1) is 0 Å². The van der Waals surface area contributed by atoms with E-state index in [1.807, 2.05) is 6.07 Å². The molecule has 2 aromatic carbocycles. The maximum atomic E-state index is 13.6. The van der Waals surface area contributed by atoms with Gasteiger partial charge in [-0.3, -0.25) is 4.72 Å². The number of halogens is 2. The summed E-state index contributed by atoms with van der Waals surface area (Å²) in [6.45, 7) is 0. The molecule has 0 fully saturated rings. The highest BCUT2D eigenvalue weighted by atomic mass is 32.2. The molecule has 6 nitrogen and oxygen atoms in total. The number of nitrogens with one attached hydrogen (secondary N) is 1. The number of rotatable bonds is 5. The molecule has 0 saturated heterocycles. The Morgan fingerprint density at radius 2 is 1.64 bits per heavy atom. The van der Waals surface area contributed by atoms with Crippen molar-refractivity contribution in [2.75, 3.05) is 4.72 Å². The Balaban J connectivity index is 1.76. The third-order valence-corrected chi connectivity index (χ3v) is 4.43. The van der Waals surface area contributed by atoms with E-state index < -0.39 is 26.6 Å². The summed E-state index contributed by atoms with van der Waals surface area (Å²) in [6.07, 6.45) is 2.34. The van der Waals surface area contributed by atoms with Gasteiger partial charge < -0.3 is 4.74 Å². The van der Waals surface area contributed by atoms with Crippen LogP contribution in [0.4, 0.5) is 14.5 Å². The molecule has 0 amide bonds. The lowest BCUT2D eigenvalue weighted by Crippen LogP contribution is -2.15. The van der Waals surface area contributed by atoms with Crippen molar-refractivity contribution < 1.29 is 21.9 Å².